The molecule has 0 saturated heterocycles. The van der Waals surface area contributed by atoms with Crippen molar-refractivity contribution in [1.29, 1.82) is 0 Å². The number of amides is 1. The van der Waals surface area contributed by atoms with Gasteiger partial charge < -0.3 is 5.32 Å². The van der Waals surface area contributed by atoms with Crippen LogP contribution in [0.25, 0.3) is 0 Å². The minimum Gasteiger partial charge on any atom is -0.350 e. The second-order valence-electron chi connectivity index (χ2n) is 3.78. The van der Waals surface area contributed by atoms with Crippen LogP contribution in [0.5, 0.6) is 0 Å². The van der Waals surface area contributed by atoms with Crippen molar-refractivity contribution in [2.45, 2.75) is 40.2 Å². The number of hydrogen-bond acceptors (Lipinski definition) is 1. The maximum Gasteiger partial charge on any atom is 0.246 e. The summed E-state index contributed by atoms with van der Waals surface area (Å²) in [7, 11) is 0. The maximum absolute atomic E-state index is 11.1. The monoisotopic (exact) mass is 169 g/mol. The van der Waals surface area contributed by atoms with E-state index < -0.39 is 0 Å². The van der Waals surface area contributed by atoms with Gasteiger partial charge in [-0.1, -0.05) is 20.4 Å². The number of carbonyl (C=O) groups is 1. The van der Waals surface area contributed by atoms with E-state index in [2.05, 4.69) is 25.7 Å². The minimum absolute atomic E-state index is 0.0387. The highest BCUT2D eigenvalue weighted by molar-refractivity contribution is 5.92. The standard InChI is InChI=1S/C10H19NO/c1-7(2)6-9(5)11-10(12)8(3)4/h7,9H,3,6H2,1-2,4-5H3,(H,11,12). The molecule has 12 heavy (non-hydrogen) atoms. The zero-order valence-electron chi connectivity index (χ0n) is 8.48. The minimum atomic E-state index is -0.0387. The van der Waals surface area contributed by atoms with Crippen molar-refractivity contribution in [1.82, 2.24) is 5.32 Å². The van der Waals surface area contributed by atoms with Gasteiger partial charge in [-0.3, -0.25) is 4.79 Å². The molecule has 1 atom stereocenters. The van der Waals surface area contributed by atoms with Crippen LogP contribution >= 0.6 is 0 Å². The van der Waals surface area contributed by atoms with Gasteiger partial charge in [0.05, 0.1) is 0 Å². The molecule has 70 valence electrons. The molecule has 0 radical (unpaired) electrons. The second kappa shape index (κ2) is 4.96. The fourth-order valence-electron chi connectivity index (χ4n) is 1.11. The molecule has 1 amide bonds. The third-order valence-corrected chi connectivity index (χ3v) is 1.59. The zero-order chi connectivity index (χ0) is 9.72. The number of nitrogens with one attached hydrogen (secondary N) is 1. The topological polar surface area (TPSA) is 29.1 Å². The smallest absolute Gasteiger partial charge is 0.246 e. The van der Waals surface area contributed by atoms with Gasteiger partial charge in [-0.25, -0.2) is 0 Å². The molecule has 0 spiro atoms. The van der Waals surface area contributed by atoms with Gasteiger partial charge in [0.1, 0.15) is 0 Å². The van der Waals surface area contributed by atoms with Crippen LogP contribution in [-0.2, 0) is 4.79 Å². The highest BCUT2D eigenvalue weighted by atomic mass is 16.1. The van der Waals surface area contributed by atoms with E-state index in [9.17, 15) is 4.79 Å². The summed E-state index contributed by atoms with van der Waals surface area (Å²) < 4.78 is 0. The molecule has 1 N–H and O–H groups in total. The molecule has 0 aromatic heterocycles. The lowest BCUT2D eigenvalue weighted by atomic mass is 10.1. The number of rotatable bonds is 4. The van der Waals surface area contributed by atoms with Gasteiger partial charge in [-0.15, -0.1) is 0 Å². The molecule has 2 nitrogen and oxygen atoms in total. The van der Waals surface area contributed by atoms with Crippen molar-refractivity contribution >= 4 is 5.91 Å². The average molecular weight is 169 g/mol. The molecule has 0 aliphatic rings. The molecule has 0 saturated carbocycles. The summed E-state index contributed by atoms with van der Waals surface area (Å²) >= 11 is 0. The van der Waals surface area contributed by atoms with Crippen molar-refractivity contribution < 1.29 is 4.79 Å². The first-order valence-corrected chi connectivity index (χ1v) is 4.39. The predicted molar refractivity (Wildman–Crippen MR) is 51.9 cm³/mol. The van der Waals surface area contributed by atoms with Crippen molar-refractivity contribution in [2.24, 2.45) is 5.92 Å². The molecule has 0 heterocycles. The van der Waals surface area contributed by atoms with E-state index in [1.807, 2.05) is 6.92 Å². The van der Waals surface area contributed by atoms with E-state index in [-0.39, 0.29) is 11.9 Å². The molecule has 0 rings (SSSR count). The lowest BCUT2D eigenvalue weighted by Crippen LogP contribution is -2.33. The summed E-state index contributed by atoms with van der Waals surface area (Å²) in [5.41, 5.74) is 0.575. The fourth-order valence-corrected chi connectivity index (χ4v) is 1.11. The third-order valence-electron chi connectivity index (χ3n) is 1.59. The van der Waals surface area contributed by atoms with Crippen molar-refractivity contribution in [2.75, 3.05) is 0 Å². The maximum atomic E-state index is 11.1. The van der Waals surface area contributed by atoms with Gasteiger partial charge in [0.2, 0.25) is 5.91 Å². The molecule has 0 aliphatic heterocycles. The van der Waals surface area contributed by atoms with E-state index >= 15 is 0 Å². The Balaban J connectivity index is 3.76. The Morgan fingerprint density at radius 2 is 1.92 bits per heavy atom. The average Bonchev–Trinajstić information content (AvgIpc) is 1.84. The number of hydrogen-bond donors (Lipinski definition) is 1. The van der Waals surface area contributed by atoms with E-state index in [4.69, 9.17) is 0 Å². The van der Waals surface area contributed by atoms with Crippen LogP contribution in [0.4, 0.5) is 0 Å². The zero-order valence-corrected chi connectivity index (χ0v) is 8.48. The Kier molecular flexibility index (Phi) is 4.64. The number of carbonyl (C=O) groups excluding carboxylic acids is 1. The van der Waals surface area contributed by atoms with E-state index in [0.29, 0.717) is 11.5 Å². The van der Waals surface area contributed by atoms with Gasteiger partial charge in [-0.2, -0.15) is 0 Å². The van der Waals surface area contributed by atoms with Gasteiger partial charge in [0.25, 0.3) is 0 Å². The predicted octanol–water partition coefficient (Wildman–Crippen LogP) is 2.11. The summed E-state index contributed by atoms with van der Waals surface area (Å²) in [5.74, 6) is 0.577. The second-order valence-corrected chi connectivity index (χ2v) is 3.78. The highest BCUT2D eigenvalue weighted by Gasteiger charge is 2.08. The first-order chi connectivity index (χ1) is 5.43. The van der Waals surface area contributed by atoms with E-state index in [1.165, 1.54) is 0 Å². The Labute approximate surface area is 75.0 Å². The summed E-state index contributed by atoms with van der Waals surface area (Å²) in [6.07, 6.45) is 1.01. The van der Waals surface area contributed by atoms with Crippen LogP contribution in [0.3, 0.4) is 0 Å². The van der Waals surface area contributed by atoms with Crippen LogP contribution in [-0.4, -0.2) is 11.9 Å². The first kappa shape index (κ1) is 11.2. The molecule has 2 heteroatoms. The van der Waals surface area contributed by atoms with Gasteiger partial charge in [0, 0.05) is 11.6 Å². The first-order valence-electron chi connectivity index (χ1n) is 4.39. The Bertz CT molecular complexity index is 173. The van der Waals surface area contributed by atoms with Crippen LogP contribution in [0.2, 0.25) is 0 Å². The normalized spacial score (nSPS) is 12.8. The molecular formula is C10H19NO. The molecule has 0 aromatic carbocycles. The Hall–Kier alpha value is -0.790. The van der Waals surface area contributed by atoms with Crippen molar-refractivity contribution in [3.63, 3.8) is 0 Å². The lowest BCUT2D eigenvalue weighted by Gasteiger charge is -2.15. The van der Waals surface area contributed by atoms with Crippen LogP contribution in [0.1, 0.15) is 34.1 Å². The van der Waals surface area contributed by atoms with Crippen LogP contribution in [0.15, 0.2) is 12.2 Å². The molecule has 0 bridgehead atoms. The Morgan fingerprint density at radius 3 is 2.25 bits per heavy atom. The van der Waals surface area contributed by atoms with Crippen LogP contribution in [0, 0.1) is 5.92 Å². The van der Waals surface area contributed by atoms with Gasteiger partial charge >= 0.3 is 0 Å². The van der Waals surface area contributed by atoms with E-state index in [0.717, 1.165) is 6.42 Å². The van der Waals surface area contributed by atoms with Gasteiger partial charge in [-0.05, 0) is 26.2 Å². The highest BCUT2D eigenvalue weighted by Crippen LogP contribution is 2.04. The molecule has 0 fully saturated rings. The summed E-state index contributed by atoms with van der Waals surface area (Å²) in [6.45, 7) is 11.6. The molecule has 0 aliphatic carbocycles. The summed E-state index contributed by atoms with van der Waals surface area (Å²) in [4.78, 5) is 11.1. The molecular weight excluding hydrogens is 150 g/mol. The fraction of sp³-hybridized carbons (Fsp3) is 0.700. The quantitative estimate of drug-likeness (QED) is 0.642. The van der Waals surface area contributed by atoms with Gasteiger partial charge in [0.15, 0.2) is 0 Å². The van der Waals surface area contributed by atoms with Crippen molar-refractivity contribution in [3.05, 3.63) is 12.2 Å². The SMILES string of the molecule is C=C(C)C(=O)NC(C)CC(C)C. The largest absolute Gasteiger partial charge is 0.350 e. The summed E-state index contributed by atoms with van der Waals surface area (Å²) in [6, 6.07) is 0.245. The summed E-state index contributed by atoms with van der Waals surface area (Å²) in [5, 5.41) is 2.87. The van der Waals surface area contributed by atoms with Crippen LogP contribution < -0.4 is 5.32 Å². The van der Waals surface area contributed by atoms with Crippen molar-refractivity contribution in [3.8, 4) is 0 Å². The molecule has 0 aromatic rings. The molecule has 1 unspecified atom stereocenters. The Morgan fingerprint density at radius 1 is 1.42 bits per heavy atom. The third kappa shape index (κ3) is 4.94. The lowest BCUT2D eigenvalue weighted by molar-refractivity contribution is -0.118. The van der Waals surface area contributed by atoms with E-state index in [1.54, 1.807) is 6.92 Å².